The lowest BCUT2D eigenvalue weighted by Crippen LogP contribution is -2.34. The number of nitrogens with one attached hydrogen (secondary N) is 2. The Kier molecular flexibility index (Phi) is 5.08. The van der Waals surface area contributed by atoms with Crippen molar-refractivity contribution < 1.29 is 9.18 Å². The Morgan fingerprint density at radius 2 is 1.79 bits per heavy atom. The summed E-state index contributed by atoms with van der Waals surface area (Å²) in [6.07, 6.45) is 1.94. The Bertz CT molecular complexity index is 1100. The fourth-order valence-corrected chi connectivity index (χ4v) is 3.96. The number of carbonyl (C=O) groups excluding carboxylic acids is 1. The quantitative estimate of drug-likeness (QED) is 0.523. The van der Waals surface area contributed by atoms with Crippen LogP contribution in [0.4, 0.5) is 9.18 Å². The van der Waals surface area contributed by atoms with Crippen LogP contribution in [0.1, 0.15) is 16.1 Å². The largest absolute Gasteiger partial charge is 0.334 e. The average molecular weight is 394 g/mol. The van der Waals surface area contributed by atoms with Gasteiger partial charge in [-0.2, -0.15) is 0 Å². The van der Waals surface area contributed by atoms with Crippen molar-refractivity contribution in [2.45, 2.75) is 20.0 Å². The van der Waals surface area contributed by atoms with E-state index < -0.39 is 0 Å². The van der Waals surface area contributed by atoms with Crippen LogP contribution in [0.3, 0.4) is 0 Å². The summed E-state index contributed by atoms with van der Waals surface area (Å²) < 4.78 is 15.1. The minimum Gasteiger partial charge on any atom is -0.334 e. The number of imidazole rings is 1. The molecule has 0 fully saturated rings. The number of benzene rings is 2. The number of rotatable bonds is 5. The van der Waals surface area contributed by atoms with E-state index in [1.807, 2.05) is 47.9 Å². The van der Waals surface area contributed by atoms with Gasteiger partial charge in [-0.25, -0.2) is 14.2 Å². The third-order valence-electron chi connectivity index (χ3n) is 4.50. The van der Waals surface area contributed by atoms with Crippen molar-refractivity contribution in [3.8, 4) is 11.3 Å². The van der Waals surface area contributed by atoms with E-state index in [-0.39, 0.29) is 11.8 Å². The molecule has 5 nitrogen and oxygen atoms in total. The number of thiazole rings is 1. The molecule has 0 saturated heterocycles. The van der Waals surface area contributed by atoms with Gasteiger partial charge in [-0.1, -0.05) is 41.7 Å². The van der Waals surface area contributed by atoms with Gasteiger partial charge in [-0.15, -0.1) is 0 Å². The van der Waals surface area contributed by atoms with Crippen LogP contribution >= 0.6 is 11.3 Å². The number of hydrogen-bond acceptors (Lipinski definition) is 3. The van der Waals surface area contributed by atoms with Crippen molar-refractivity contribution in [1.29, 1.82) is 0 Å². The summed E-state index contributed by atoms with van der Waals surface area (Å²) in [5, 5.41) is 5.74. The molecule has 4 rings (SSSR count). The molecular weight excluding hydrogens is 375 g/mol. The van der Waals surface area contributed by atoms with E-state index in [1.54, 1.807) is 12.1 Å². The van der Waals surface area contributed by atoms with Crippen LogP contribution in [0.5, 0.6) is 0 Å². The molecule has 28 heavy (non-hydrogen) atoms. The second kappa shape index (κ2) is 7.82. The summed E-state index contributed by atoms with van der Waals surface area (Å²) in [5.41, 5.74) is 3.76. The van der Waals surface area contributed by atoms with Crippen molar-refractivity contribution in [3.63, 3.8) is 0 Å². The summed E-state index contributed by atoms with van der Waals surface area (Å²) in [6, 6.07) is 15.9. The van der Waals surface area contributed by atoms with E-state index in [1.165, 1.54) is 23.5 Å². The standard InChI is InChI=1S/C21H19FN4OS/c1-14-19(12-24-20(27)23-11-15-5-3-2-4-6-15)28-21-25-18(13-26(14)21)16-7-9-17(22)10-8-16/h2-10,13H,11-12H2,1H3,(H2,23,24,27). The maximum Gasteiger partial charge on any atom is 0.315 e. The number of hydrogen-bond donors (Lipinski definition) is 2. The second-order valence-corrected chi connectivity index (χ2v) is 7.48. The highest BCUT2D eigenvalue weighted by Gasteiger charge is 2.13. The van der Waals surface area contributed by atoms with Gasteiger partial charge < -0.3 is 10.6 Å². The summed E-state index contributed by atoms with van der Waals surface area (Å²) in [6.45, 7) is 2.92. The topological polar surface area (TPSA) is 58.4 Å². The normalized spacial score (nSPS) is 10.9. The van der Waals surface area contributed by atoms with Gasteiger partial charge in [0.25, 0.3) is 0 Å². The molecule has 0 atom stereocenters. The fourth-order valence-electron chi connectivity index (χ4n) is 2.92. The summed E-state index contributed by atoms with van der Waals surface area (Å²) >= 11 is 1.53. The molecule has 0 radical (unpaired) electrons. The minimum atomic E-state index is -0.264. The first-order valence-corrected chi connectivity index (χ1v) is 9.71. The highest BCUT2D eigenvalue weighted by molar-refractivity contribution is 7.17. The Hall–Kier alpha value is -3.19. The lowest BCUT2D eigenvalue weighted by molar-refractivity contribution is 0.240. The van der Waals surface area contributed by atoms with E-state index in [0.29, 0.717) is 13.1 Å². The molecule has 0 bridgehead atoms. The van der Waals surface area contributed by atoms with E-state index in [9.17, 15) is 9.18 Å². The van der Waals surface area contributed by atoms with Crippen LogP contribution in [0, 0.1) is 12.7 Å². The number of halogens is 1. The number of carbonyl (C=O) groups is 1. The van der Waals surface area contributed by atoms with E-state index in [2.05, 4.69) is 15.6 Å². The van der Waals surface area contributed by atoms with E-state index in [0.717, 1.165) is 32.4 Å². The number of urea groups is 1. The SMILES string of the molecule is Cc1c(CNC(=O)NCc2ccccc2)sc2nc(-c3ccc(F)cc3)cn12. The second-order valence-electron chi connectivity index (χ2n) is 6.42. The summed E-state index contributed by atoms with van der Waals surface area (Å²) in [5.74, 6) is -0.264. The maximum absolute atomic E-state index is 13.1. The number of nitrogens with zero attached hydrogens (tertiary/aromatic N) is 2. The predicted molar refractivity (Wildman–Crippen MR) is 109 cm³/mol. The molecule has 7 heteroatoms. The Balaban J connectivity index is 1.40. The molecule has 0 saturated carbocycles. The fraction of sp³-hybridized carbons (Fsp3) is 0.143. The number of fused-ring (bicyclic) bond motifs is 1. The Morgan fingerprint density at radius 3 is 2.50 bits per heavy atom. The summed E-state index contributed by atoms with van der Waals surface area (Å²) in [4.78, 5) is 18.6. The molecule has 2 heterocycles. The maximum atomic E-state index is 13.1. The van der Waals surface area contributed by atoms with Gasteiger partial charge >= 0.3 is 6.03 Å². The summed E-state index contributed by atoms with van der Waals surface area (Å²) in [7, 11) is 0. The predicted octanol–water partition coefficient (Wildman–Crippen LogP) is 4.51. The highest BCUT2D eigenvalue weighted by atomic mass is 32.1. The molecule has 2 aromatic carbocycles. The molecule has 2 aromatic heterocycles. The number of aryl methyl sites for hydroxylation is 1. The van der Waals surface area contributed by atoms with Gasteiger partial charge in [0, 0.05) is 28.9 Å². The molecule has 0 unspecified atom stereocenters. The molecule has 0 aliphatic rings. The van der Waals surface area contributed by atoms with Crippen LogP contribution in [0.15, 0.2) is 60.8 Å². The van der Waals surface area contributed by atoms with Gasteiger partial charge in [0.05, 0.1) is 12.2 Å². The number of amides is 2. The van der Waals surface area contributed by atoms with Crippen LogP contribution in [0.25, 0.3) is 16.2 Å². The molecule has 142 valence electrons. The van der Waals surface area contributed by atoms with Gasteiger partial charge in [-0.05, 0) is 36.8 Å². The Morgan fingerprint density at radius 1 is 1.07 bits per heavy atom. The highest BCUT2D eigenvalue weighted by Crippen LogP contribution is 2.27. The third-order valence-corrected chi connectivity index (χ3v) is 5.66. The van der Waals surface area contributed by atoms with Crippen molar-refractivity contribution in [1.82, 2.24) is 20.0 Å². The first kappa shape index (κ1) is 18.2. The van der Waals surface area contributed by atoms with E-state index in [4.69, 9.17) is 0 Å². The molecule has 2 N–H and O–H groups in total. The lowest BCUT2D eigenvalue weighted by Gasteiger charge is -2.07. The first-order valence-electron chi connectivity index (χ1n) is 8.89. The zero-order valence-electron chi connectivity index (χ0n) is 15.3. The lowest BCUT2D eigenvalue weighted by atomic mass is 10.2. The molecule has 0 spiro atoms. The van der Waals surface area contributed by atoms with Crippen molar-refractivity contribution in [2.24, 2.45) is 0 Å². The molecule has 4 aromatic rings. The van der Waals surface area contributed by atoms with Gasteiger partial charge in [0.15, 0.2) is 4.96 Å². The third kappa shape index (κ3) is 3.89. The molecule has 2 amide bonds. The minimum absolute atomic E-state index is 0.207. The average Bonchev–Trinajstić information content (AvgIpc) is 3.25. The zero-order chi connectivity index (χ0) is 19.5. The van der Waals surface area contributed by atoms with Crippen LogP contribution in [-0.4, -0.2) is 15.4 Å². The van der Waals surface area contributed by atoms with Gasteiger partial charge in [-0.3, -0.25) is 4.40 Å². The van der Waals surface area contributed by atoms with Crippen LogP contribution in [0.2, 0.25) is 0 Å². The van der Waals surface area contributed by atoms with Crippen molar-refractivity contribution in [2.75, 3.05) is 0 Å². The van der Waals surface area contributed by atoms with Crippen molar-refractivity contribution in [3.05, 3.63) is 82.7 Å². The van der Waals surface area contributed by atoms with Gasteiger partial charge in [0.2, 0.25) is 0 Å². The van der Waals surface area contributed by atoms with Gasteiger partial charge in [0.1, 0.15) is 5.82 Å². The smallest absolute Gasteiger partial charge is 0.315 e. The monoisotopic (exact) mass is 394 g/mol. The van der Waals surface area contributed by atoms with Crippen LogP contribution in [-0.2, 0) is 13.1 Å². The number of aromatic nitrogens is 2. The Labute approximate surface area is 165 Å². The van der Waals surface area contributed by atoms with E-state index >= 15 is 0 Å². The first-order chi connectivity index (χ1) is 13.6. The van der Waals surface area contributed by atoms with Crippen molar-refractivity contribution >= 4 is 22.3 Å². The zero-order valence-corrected chi connectivity index (χ0v) is 16.1. The van der Waals surface area contributed by atoms with Crippen LogP contribution < -0.4 is 10.6 Å². The molecular formula is C21H19FN4OS. The molecule has 0 aliphatic carbocycles. The molecule has 0 aliphatic heterocycles.